The first-order valence-corrected chi connectivity index (χ1v) is 10.2. The third-order valence-corrected chi connectivity index (χ3v) is 5.43. The fraction of sp³-hybridized carbons (Fsp3) is 0.200. The molecule has 3 rings (SSSR count). The average molecular weight is 430 g/mol. The number of aryl methyl sites for hydroxylation is 1. The molecule has 0 bridgehead atoms. The van der Waals surface area contributed by atoms with Gasteiger partial charge in [-0.1, -0.05) is 47.6 Å². The van der Waals surface area contributed by atoms with Gasteiger partial charge in [-0.05, 0) is 36.8 Å². The van der Waals surface area contributed by atoms with Crippen LogP contribution in [0.4, 0.5) is 5.69 Å². The van der Waals surface area contributed by atoms with Crippen molar-refractivity contribution in [2.24, 2.45) is 7.05 Å². The summed E-state index contributed by atoms with van der Waals surface area (Å²) in [6, 6.07) is 14.4. The lowest BCUT2D eigenvalue weighted by molar-refractivity contribution is -0.113. The van der Waals surface area contributed by atoms with Crippen LogP contribution in [0.1, 0.15) is 21.7 Å². The Hall–Kier alpha value is -2.84. The molecular weight excluding hydrogens is 410 g/mol. The van der Waals surface area contributed by atoms with Gasteiger partial charge in [0.2, 0.25) is 5.91 Å². The number of amides is 2. The molecular formula is C20H20ClN5O2S. The summed E-state index contributed by atoms with van der Waals surface area (Å²) in [5, 5.41) is 14.8. The third-order valence-electron chi connectivity index (χ3n) is 4.08. The topological polar surface area (TPSA) is 88.9 Å². The Bertz CT molecular complexity index is 1040. The van der Waals surface area contributed by atoms with E-state index >= 15 is 0 Å². The molecule has 9 heteroatoms. The molecule has 0 spiro atoms. The van der Waals surface area contributed by atoms with Crippen molar-refractivity contribution in [1.82, 2.24) is 20.1 Å². The van der Waals surface area contributed by atoms with Crippen LogP contribution in [-0.4, -0.2) is 32.3 Å². The summed E-state index contributed by atoms with van der Waals surface area (Å²) in [6.07, 6.45) is 0. The molecule has 1 heterocycles. The number of carbonyl (C=O) groups is 2. The molecule has 0 aliphatic carbocycles. The van der Waals surface area contributed by atoms with Crippen LogP contribution in [0.5, 0.6) is 0 Å². The predicted molar refractivity (Wildman–Crippen MR) is 114 cm³/mol. The van der Waals surface area contributed by atoms with E-state index in [0.29, 0.717) is 21.6 Å². The number of halogens is 1. The Balaban J connectivity index is 1.53. The standard InChI is InChI=1S/C20H20ClN5O2S/c1-13-6-5-7-14(10-13)23-18(27)12-29-20-25-24-17(26(20)2)11-22-19(28)15-8-3-4-9-16(15)21/h3-10H,11-12H2,1-2H3,(H,22,28)(H,23,27). The van der Waals surface area contributed by atoms with Crippen LogP contribution < -0.4 is 10.6 Å². The van der Waals surface area contributed by atoms with Gasteiger partial charge in [-0.15, -0.1) is 10.2 Å². The number of hydrogen-bond acceptors (Lipinski definition) is 5. The van der Waals surface area contributed by atoms with Crippen LogP contribution in [-0.2, 0) is 18.4 Å². The summed E-state index contributed by atoms with van der Waals surface area (Å²) in [7, 11) is 1.79. The van der Waals surface area contributed by atoms with Gasteiger partial charge in [-0.2, -0.15) is 0 Å². The largest absolute Gasteiger partial charge is 0.345 e. The molecule has 0 aliphatic rings. The predicted octanol–water partition coefficient (Wildman–Crippen LogP) is 3.44. The zero-order valence-electron chi connectivity index (χ0n) is 16.0. The van der Waals surface area contributed by atoms with E-state index in [1.165, 1.54) is 11.8 Å². The van der Waals surface area contributed by atoms with Gasteiger partial charge < -0.3 is 15.2 Å². The van der Waals surface area contributed by atoms with Gasteiger partial charge in [-0.3, -0.25) is 9.59 Å². The highest BCUT2D eigenvalue weighted by Crippen LogP contribution is 2.18. The lowest BCUT2D eigenvalue weighted by Gasteiger charge is -2.07. The maximum Gasteiger partial charge on any atom is 0.253 e. The Labute approximate surface area is 177 Å². The first-order valence-electron chi connectivity index (χ1n) is 8.84. The van der Waals surface area contributed by atoms with E-state index in [1.54, 1.807) is 35.9 Å². The van der Waals surface area contributed by atoms with Crippen LogP contribution in [0.3, 0.4) is 0 Å². The van der Waals surface area contributed by atoms with Gasteiger partial charge in [0.1, 0.15) is 0 Å². The number of benzene rings is 2. The zero-order valence-corrected chi connectivity index (χ0v) is 17.5. The van der Waals surface area contributed by atoms with Gasteiger partial charge in [-0.25, -0.2) is 0 Å². The second kappa shape index (κ2) is 9.58. The van der Waals surface area contributed by atoms with Gasteiger partial charge in [0, 0.05) is 12.7 Å². The molecule has 7 nitrogen and oxygen atoms in total. The van der Waals surface area contributed by atoms with E-state index in [0.717, 1.165) is 11.3 Å². The lowest BCUT2D eigenvalue weighted by atomic mass is 10.2. The molecule has 2 N–H and O–H groups in total. The number of hydrogen-bond donors (Lipinski definition) is 2. The molecule has 0 radical (unpaired) electrons. The Morgan fingerprint density at radius 3 is 2.69 bits per heavy atom. The van der Waals surface area contributed by atoms with E-state index in [9.17, 15) is 9.59 Å². The summed E-state index contributed by atoms with van der Waals surface area (Å²) >= 11 is 7.31. The van der Waals surface area contributed by atoms with Crippen LogP contribution in [0.25, 0.3) is 0 Å². The molecule has 2 amide bonds. The number of nitrogens with zero attached hydrogens (tertiary/aromatic N) is 3. The number of carbonyl (C=O) groups excluding carboxylic acids is 2. The van der Waals surface area contributed by atoms with E-state index in [4.69, 9.17) is 11.6 Å². The highest BCUT2D eigenvalue weighted by atomic mass is 35.5. The van der Waals surface area contributed by atoms with Crippen molar-refractivity contribution in [3.05, 3.63) is 70.5 Å². The van der Waals surface area contributed by atoms with Gasteiger partial charge in [0.05, 0.1) is 22.9 Å². The van der Waals surface area contributed by atoms with Crippen LogP contribution in [0.2, 0.25) is 5.02 Å². The van der Waals surface area contributed by atoms with E-state index in [1.807, 2.05) is 31.2 Å². The minimum Gasteiger partial charge on any atom is -0.345 e. The van der Waals surface area contributed by atoms with Gasteiger partial charge in [0.15, 0.2) is 11.0 Å². The maximum atomic E-state index is 12.3. The van der Waals surface area contributed by atoms with Crippen LogP contribution in [0.15, 0.2) is 53.7 Å². The van der Waals surface area contributed by atoms with Crippen molar-refractivity contribution in [2.45, 2.75) is 18.6 Å². The average Bonchev–Trinajstić information content (AvgIpc) is 3.04. The fourth-order valence-corrected chi connectivity index (χ4v) is 3.53. The molecule has 0 fully saturated rings. The summed E-state index contributed by atoms with van der Waals surface area (Å²) in [4.78, 5) is 24.4. The Kier molecular flexibility index (Phi) is 6.90. The first-order chi connectivity index (χ1) is 13.9. The van der Waals surface area contributed by atoms with E-state index in [2.05, 4.69) is 20.8 Å². The maximum absolute atomic E-state index is 12.3. The molecule has 0 atom stereocenters. The number of aromatic nitrogens is 3. The van der Waals surface area contributed by atoms with Crippen molar-refractivity contribution in [3.8, 4) is 0 Å². The lowest BCUT2D eigenvalue weighted by Crippen LogP contribution is -2.24. The van der Waals surface area contributed by atoms with Gasteiger partial charge >= 0.3 is 0 Å². The Morgan fingerprint density at radius 1 is 1.14 bits per heavy atom. The first kappa shape index (κ1) is 20.9. The number of nitrogens with one attached hydrogen (secondary N) is 2. The Morgan fingerprint density at radius 2 is 1.93 bits per heavy atom. The normalized spacial score (nSPS) is 10.6. The summed E-state index contributed by atoms with van der Waals surface area (Å²) in [5.41, 5.74) is 2.24. The molecule has 150 valence electrons. The molecule has 0 saturated carbocycles. The van der Waals surface area contributed by atoms with Crippen LogP contribution >= 0.6 is 23.4 Å². The molecule has 0 saturated heterocycles. The van der Waals surface area contributed by atoms with Crippen molar-refractivity contribution in [2.75, 3.05) is 11.1 Å². The molecule has 29 heavy (non-hydrogen) atoms. The minimum absolute atomic E-state index is 0.128. The molecule has 3 aromatic rings. The summed E-state index contributed by atoms with van der Waals surface area (Å²) < 4.78 is 1.75. The molecule has 1 aromatic heterocycles. The summed E-state index contributed by atoms with van der Waals surface area (Å²) in [6.45, 7) is 2.17. The van der Waals surface area contributed by atoms with Crippen molar-refractivity contribution in [1.29, 1.82) is 0 Å². The smallest absolute Gasteiger partial charge is 0.253 e. The summed E-state index contributed by atoms with van der Waals surface area (Å²) in [5.74, 6) is 0.362. The second-order valence-electron chi connectivity index (χ2n) is 6.33. The highest BCUT2D eigenvalue weighted by molar-refractivity contribution is 7.99. The van der Waals surface area contributed by atoms with Crippen molar-refractivity contribution >= 4 is 40.9 Å². The zero-order chi connectivity index (χ0) is 20.8. The fourth-order valence-electron chi connectivity index (χ4n) is 2.57. The minimum atomic E-state index is -0.287. The second-order valence-corrected chi connectivity index (χ2v) is 7.68. The number of thioether (sulfide) groups is 1. The number of anilines is 1. The third kappa shape index (κ3) is 5.58. The molecule has 2 aromatic carbocycles. The molecule has 0 unspecified atom stereocenters. The van der Waals surface area contributed by atoms with E-state index in [-0.39, 0.29) is 24.1 Å². The quantitative estimate of drug-likeness (QED) is 0.561. The number of rotatable bonds is 7. The van der Waals surface area contributed by atoms with Gasteiger partial charge in [0.25, 0.3) is 5.91 Å². The SMILES string of the molecule is Cc1cccc(NC(=O)CSc2nnc(CNC(=O)c3ccccc3Cl)n2C)c1. The monoisotopic (exact) mass is 429 g/mol. The van der Waals surface area contributed by atoms with Crippen LogP contribution in [0, 0.1) is 6.92 Å². The van der Waals surface area contributed by atoms with Crippen molar-refractivity contribution in [3.63, 3.8) is 0 Å². The van der Waals surface area contributed by atoms with E-state index < -0.39 is 0 Å². The highest BCUT2D eigenvalue weighted by Gasteiger charge is 2.14. The van der Waals surface area contributed by atoms with Crippen molar-refractivity contribution < 1.29 is 9.59 Å². The molecule has 0 aliphatic heterocycles.